The van der Waals surface area contributed by atoms with E-state index in [9.17, 15) is 4.79 Å². The van der Waals surface area contributed by atoms with Gasteiger partial charge in [-0.3, -0.25) is 4.79 Å². The summed E-state index contributed by atoms with van der Waals surface area (Å²) in [6.07, 6.45) is 1.78. The fourth-order valence-corrected chi connectivity index (χ4v) is 2.20. The maximum absolute atomic E-state index is 11.2. The van der Waals surface area contributed by atoms with E-state index in [4.69, 9.17) is 5.11 Å². The van der Waals surface area contributed by atoms with Gasteiger partial charge in [0.2, 0.25) is 0 Å². The Labute approximate surface area is 110 Å². The molecule has 0 unspecified atom stereocenters. The number of ketones is 1. The van der Waals surface area contributed by atoms with Gasteiger partial charge in [-0.25, -0.2) is 0 Å². The Morgan fingerprint density at radius 2 is 2.29 bits per heavy atom. The highest BCUT2D eigenvalue weighted by molar-refractivity contribution is 9.10. The lowest BCUT2D eigenvalue weighted by Gasteiger charge is -2.23. The first-order chi connectivity index (χ1) is 8.10. The number of aliphatic hydroxyl groups is 1. The number of benzene rings is 1. The van der Waals surface area contributed by atoms with Crippen LogP contribution in [-0.2, 0) is 0 Å². The molecule has 92 valence electrons. The van der Waals surface area contributed by atoms with Crippen LogP contribution in [0.15, 0.2) is 35.3 Å². The third kappa shape index (κ3) is 3.68. The summed E-state index contributed by atoms with van der Waals surface area (Å²) in [5, 5.41) is 9.01. The highest BCUT2D eigenvalue weighted by Gasteiger charge is 2.10. The maximum atomic E-state index is 11.2. The minimum absolute atomic E-state index is 0.0367. The molecule has 0 heterocycles. The van der Waals surface area contributed by atoms with Crippen LogP contribution in [0, 0.1) is 0 Å². The van der Waals surface area contributed by atoms with Crippen LogP contribution < -0.4 is 4.90 Å². The van der Waals surface area contributed by atoms with Crippen molar-refractivity contribution in [1.82, 2.24) is 0 Å². The molecule has 0 fully saturated rings. The number of carbonyl (C=O) groups excluding carboxylic acids is 1. The second-order valence-electron chi connectivity index (χ2n) is 3.68. The number of carbonyl (C=O) groups is 1. The van der Waals surface area contributed by atoms with Crippen LogP contribution in [0.4, 0.5) is 5.69 Å². The maximum Gasteiger partial charge on any atom is 0.159 e. The van der Waals surface area contributed by atoms with Crippen molar-refractivity contribution in [2.75, 3.05) is 24.6 Å². The third-order valence-electron chi connectivity index (χ3n) is 2.41. The van der Waals surface area contributed by atoms with Gasteiger partial charge < -0.3 is 10.0 Å². The summed E-state index contributed by atoms with van der Waals surface area (Å²) in [6, 6.07) is 5.46. The summed E-state index contributed by atoms with van der Waals surface area (Å²) < 4.78 is 0.848. The summed E-state index contributed by atoms with van der Waals surface area (Å²) in [5.74, 6) is 0.0367. The Hall–Kier alpha value is -1.13. The number of aliphatic hydroxyl groups excluding tert-OH is 1. The lowest BCUT2D eigenvalue weighted by atomic mass is 10.1. The Balaban J connectivity index is 3.03. The van der Waals surface area contributed by atoms with Crippen LogP contribution in [0.25, 0.3) is 0 Å². The van der Waals surface area contributed by atoms with Crippen LogP contribution >= 0.6 is 15.9 Å². The zero-order valence-corrected chi connectivity index (χ0v) is 11.4. The topological polar surface area (TPSA) is 40.5 Å². The molecule has 1 N–H and O–H groups in total. The van der Waals surface area contributed by atoms with Crippen LogP contribution in [0.5, 0.6) is 0 Å². The van der Waals surface area contributed by atoms with E-state index in [0.29, 0.717) is 18.7 Å². The summed E-state index contributed by atoms with van der Waals surface area (Å²) in [5.41, 5.74) is 1.62. The van der Waals surface area contributed by atoms with Crippen molar-refractivity contribution in [3.63, 3.8) is 0 Å². The first-order valence-electron chi connectivity index (χ1n) is 5.37. The lowest BCUT2D eigenvalue weighted by molar-refractivity contribution is 0.101. The SMILES string of the molecule is C=CCN(CCO)c1ccc(C(C)=O)cc1Br. The monoisotopic (exact) mass is 297 g/mol. The van der Waals surface area contributed by atoms with Crippen LogP contribution in [0.2, 0.25) is 0 Å². The van der Waals surface area contributed by atoms with Gasteiger partial charge in [0.05, 0.1) is 12.3 Å². The van der Waals surface area contributed by atoms with Gasteiger partial charge in [0, 0.05) is 23.1 Å². The van der Waals surface area contributed by atoms with E-state index in [2.05, 4.69) is 22.5 Å². The molecule has 1 aromatic carbocycles. The van der Waals surface area contributed by atoms with E-state index in [1.54, 1.807) is 18.2 Å². The summed E-state index contributed by atoms with van der Waals surface area (Å²) in [7, 11) is 0. The minimum atomic E-state index is 0.0367. The van der Waals surface area contributed by atoms with Crippen molar-refractivity contribution in [2.24, 2.45) is 0 Å². The molecular formula is C13H16BrNO2. The van der Waals surface area contributed by atoms with Gasteiger partial charge in [-0.1, -0.05) is 6.08 Å². The van der Waals surface area contributed by atoms with Gasteiger partial charge in [0.25, 0.3) is 0 Å². The van der Waals surface area contributed by atoms with E-state index < -0.39 is 0 Å². The molecule has 1 rings (SSSR count). The normalized spacial score (nSPS) is 10.1. The molecule has 4 heteroatoms. The zero-order valence-electron chi connectivity index (χ0n) is 9.82. The number of halogens is 1. The van der Waals surface area contributed by atoms with Crippen molar-refractivity contribution in [3.05, 3.63) is 40.9 Å². The van der Waals surface area contributed by atoms with E-state index in [0.717, 1.165) is 10.2 Å². The predicted octanol–water partition coefficient (Wildman–Crippen LogP) is 2.64. The quantitative estimate of drug-likeness (QED) is 0.648. The third-order valence-corrected chi connectivity index (χ3v) is 3.05. The second kappa shape index (κ2) is 6.57. The lowest BCUT2D eigenvalue weighted by Crippen LogP contribution is -2.27. The molecular weight excluding hydrogens is 282 g/mol. The van der Waals surface area contributed by atoms with E-state index in [1.807, 2.05) is 11.0 Å². The summed E-state index contributed by atoms with van der Waals surface area (Å²) in [4.78, 5) is 13.2. The first-order valence-corrected chi connectivity index (χ1v) is 6.16. The number of Topliss-reactive ketones (excluding diaryl/α,β-unsaturated/α-hetero) is 1. The Morgan fingerprint density at radius 3 is 2.76 bits per heavy atom. The largest absolute Gasteiger partial charge is 0.395 e. The van der Waals surface area contributed by atoms with Crippen molar-refractivity contribution in [2.45, 2.75) is 6.92 Å². The van der Waals surface area contributed by atoms with Gasteiger partial charge in [0.15, 0.2) is 5.78 Å². The Morgan fingerprint density at radius 1 is 1.59 bits per heavy atom. The molecule has 0 aliphatic heterocycles. The fourth-order valence-electron chi connectivity index (χ4n) is 1.57. The van der Waals surface area contributed by atoms with Crippen molar-refractivity contribution in [1.29, 1.82) is 0 Å². The molecule has 3 nitrogen and oxygen atoms in total. The second-order valence-corrected chi connectivity index (χ2v) is 4.54. The Bertz CT molecular complexity index is 418. The standard InChI is InChI=1S/C13H16BrNO2/c1-3-6-15(7-8-16)13-5-4-11(10(2)17)9-12(13)14/h3-5,9,16H,1,6-8H2,2H3. The van der Waals surface area contributed by atoms with Crippen molar-refractivity contribution in [3.8, 4) is 0 Å². The zero-order chi connectivity index (χ0) is 12.8. The van der Waals surface area contributed by atoms with Gasteiger partial charge in [0.1, 0.15) is 0 Å². The molecule has 0 saturated heterocycles. The molecule has 0 spiro atoms. The van der Waals surface area contributed by atoms with Gasteiger partial charge in [-0.05, 0) is 41.1 Å². The number of anilines is 1. The molecule has 0 aliphatic rings. The molecule has 17 heavy (non-hydrogen) atoms. The Kier molecular flexibility index (Phi) is 5.38. The smallest absolute Gasteiger partial charge is 0.159 e. The molecule has 0 saturated carbocycles. The van der Waals surface area contributed by atoms with E-state index in [-0.39, 0.29) is 12.4 Å². The highest BCUT2D eigenvalue weighted by Crippen LogP contribution is 2.27. The van der Waals surface area contributed by atoms with Crippen LogP contribution in [0.1, 0.15) is 17.3 Å². The van der Waals surface area contributed by atoms with E-state index >= 15 is 0 Å². The average molecular weight is 298 g/mol. The number of nitrogens with zero attached hydrogens (tertiary/aromatic N) is 1. The van der Waals surface area contributed by atoms with Crippen molar-refractivity contribution < 1.29 is 9.90 Å². The molecule has 0 radical (unpaired) electrons. The molecule has 1 aromatic rings. The number of rotatable bonds is 6. The molecule has 0 bridgehead atoms. The van der Waals surface area contributed by atoms with Gasteiger partial charge >= 0.3 is 0 Å². The van der Waals surface area contributed by atoms with Gasteiger partial charge in [-0.2, -0.15) is 0 Å². The minimum Gasteiger partial charge on any atom is -0.395 e. The van der Waals surface area contributed by atoms with Crippen LogP contribution in [-0.4, -0.2) is 30.6 Å². The summed E-state index contributed by atoms with van der Waals surface area (Å²) >= 11 is 3.45. The molecule has 0 amide bonds. The predicted molar refractivity (Wildman–Crippen MR) is 73.6 cm³/mol. The summed E-state index contributed by atoms with van der Waals surface area (Å²) in [6.45, 7) is 6.49. The highest BCUT2D eigenvalue weighted by atomic mass is 79.9. The molecule has 0 aromatic heterocycles. The number of hydrogen-bond donors (Lipinski definition) is 1. The number of hydrogen-bond acceptors (Lipinski definition) is 3. The van der Waals surface area contributed by atoms with E-state index in [1.165, 1.54) is 6.92 Å². The van der Waals surface area contributed by atoms with Crippen LogP contribution in [0.3, 0.4) is 0 Å². The average Bonchev–Trinajstić information content (AvgIpc) is 2.28. The van der Waals surface area contributed by atoms with Gasteiger partial charge in [-0.15, -0.1) is 6.58 Å². The van der Waals surface area contributed by atoms with Crippen molar-refractivity contribution >= 4 is 27.4 Å². The fraction of sp³-hybridized carbons (Fsp3) is 0.308. The first kappa shape index (κ1) is 13.9. The molecule has 0 aliphatic carbocycles. The molecule has 0 atom stereocenters.